The monoisotopic (exact) mass is 1430 g/mol. The van der Waals surface area contributed by atoms with Gasteiger partial charge < -0.3 is 107 Å². The molecule has 35 nitrogen and oxygen atoms in total. The highest BCUT2D eigenvalue weighted by molar-refractivity contribution is 7.80. The number of aliphatic imine (C=N–C) groups is 1. The lowest BCUT2D eigenvalue weighted by Crippen LogP contribution is -2.61. The third-order valence-corrected chi connectivity index (χ3v) is 15.8. The lowest BCUT2D eigenvalue weighted by molar-refractivity contribution is -0.143. The van der Waals surface area contributed by atoms with E-state index in [1.807, 2.05) is 0 Å². The van der Waals surface area contributed by atoms with Crippen LogP contribution >= 0.6 is 25.3 Å². The minimum Gasteiger partial charge on any atom is -0.508 e. The molecule has 0 aliphatic rings. The SMILES string of the molecule is CC[C@H](C)[C@H](NC(=O)[C@H](CS)NC(=O)[C@H](CCCN=C(N)N)NC(=O)[C@H](C)NC(=O)[C@H](Cc1ccc(O)cc1)NC(=O)[C@H](CC(C)C)NC(=O)[C@H](CC(=O)O)NC(=O)[C@H](CO)NC(=O)[C@H](Cc1ccc(O)cc1)NC(=O)[C@H](CC(C)C)NC(=O)[C@H](CS)NC(=O)[C@@H](N)CC(N)=O)C(=O)O. The van der Waals surface area contributed by atoms with Gasteiger partial charge in [-0.05, 0) is 85.8 Å². The Bertz CT molecular complexity index is 3140. The molecule has 0 saturated heterocycles. The first-order chi connectivity index (χ1) is 46.4. The first kappa shape index (κ1) is 85.6. The third kappa shape index (κ3) is 31.3. The molecular formula is C62H96N16O19S2. The first-order valence-corrected chi connectivity index (χ1v) is 33.0. The average molecular weight is 1430 g/mol. The molecule has 0 aliphatic carbocycles. The van der Waals surface area contributed by atoms with Crippen LogP contribution in [0.5, 0.6) is 11.5 Å². The number of primary amides is 1. The molecule has 37 heteroatoms. The number of phenols is 2. The Morgan fingerprint density at radius 1 is 0.465 bits per heavy atom. The molecule has 0 fully saturated rings. The van der Waals surface area contributed by atoms with E-state index in [1.165, 1.54) is 55.5 Å². The summed E-state index contributed by atoms with van der Waals surface area (Å²) in [5.41, 5.74) is 22.5. The maximum Gasteiger partial charge on any atom is 0.326 e. The van der Waals surface area contributed by atoms with Crippen molar-refractivity contribution in [3.8, 4) is 11.5 Å². The van der Waals surface area contributed by atoms with Crippen LogP contribution < -0.4 is 81.4 Å². The minimum absolute atomic E-state index is 0.0104. The molecule has 24 N–H and O–H groups in total. The number of nitrogens with two attached hydrogens (primary N) is 4. The largest absolute Gasteiger partial charge is 0.508 e. The first-order valence-electron chi connectivity index (χ1n) is 31.7. The Labute approximate surface area is 583 Å². The highest BCUT2D eigenvalue weighted by Gasteiger charge is 2.38. The number of amides is 12. The third-order valence-electron chi connectivity index (χ3n) is 15.0. The number of thiol groups is 2. The van der Waals surface area contributed by atoms with Crippen LogP contribution in [-0.4, -0.2) is 211 Å². The van der Waals surface area contributed by atoms with E-state index in [9.17, 15) is 92.7 Å². The Morgan fingerprint density at radius 2 is 0.828 bits per heavy atom. The van der Waals surface area contributed by atoms with Gasteiger partial charge in [0.15, 0.2) is 5.96 Å². The zero-order valence-corrected chi connectivity index (χ0v) is 57.9. The number of phenolic OH excluding ortho intramolecular Hbond substituents is 2. The number of hydrogen-bond acceptors (Lipinski definition) is 21. The lowest BCUT2D eigenvalue weighted by Gasteiger charge is -2.28. The molecule has 0 heterocycles. The van der Waals surface area contributed by atoms with Crippen molar-refractivity contribution < 1.29 is 92.7 Å². The molecule has 0 saturated carbocycles. The maximum absolute atomic E-state index is 14.5. The van der Waals surface area contributed by atoms with Crippen LogP contribution in [0, 0.1) is 17.8 Å². The van der Waals surface area contributed by atoms with Gasteiger partial charge in [-0.2, -0.15) is 25.3 Å². The van der Waals surface area contributed by atoms with E-state index in [2.05, 4.69) is 88.7 Å². The van der Waals surface area contributed by atoms with Crippen molar-refractivity contribution in [2.45, 2.75) is 179 Å². The van der Waals surface area contributed by atoms with Crippen molar-refractivity contribution in [3.63, 3.8) is 0 Å². The van der Waals surface area contributed by atoms with Gasteiger partial charge in [0.25, 0.3) is 0 Å². The fourth-order valence-corrected chi connectivity index (χ4v) is 9.92. The molecular weight excluding hydrogens is 1340 g/mol. The second kappa shape index (κ2) is 43.0. The van der Waals surface area contributed by atoms with Crippen LogP contribution in [0.15, 0.2) is 53.5 Å². The van der Waals surface area contributed by atoms with E-state index in [0.29, 0.717) is 17.5 Å². The Balaban J connectivity index is 2.49. The summed E-state index contributed by atoms with van der Waals surface area (Å²) < 4.78 is 0. The number of carbonyl (C=O) groups is 14. The maximum atomic E-state index is 14.5. The van der Waals surface area contributed by atoms with E-state index in [1.54, 1.807) is 41.5 Å². The van der Waals surface area contributed by atoms with Crippen LogP contribution in [0.1, 0.15) is 105 Å². The number of benzene rings is 2. The zero-order valence-electron chi connectivity index (χ0n) is 56.1. The summed E-state index contributed by atoms with van der Waals surface area (Å²) in [5, 5.41) is 76.9. The van der Waals surface area contributed by atoms with Crippen LogP contribution in [0.3, 0.4) is 0 Å². The van der Waals surface area contributed by atoms with E-state index < -0.39 is 187 Å². The fourth-order valence-electron chi connectivity index (χ4n) is 9.41. The number of nitrogens with one attached hydrogen (secondary N) is 11. The molecule has 0 radical (unpaired) electrons. The highest BCUT2D eigenvalue weighted by Crippen LogP contribution is 2.17. The Hall–Kier alpha value is -9.49. The predicted molar refractivity (Wildman–Crippen MR) is 365 cm³/mol. The smallest absolute Gasteiger partial charge is 0.326 e. The lowest BCUT2D eigenvalue weighted by atomic mass is 9.99. The number of rotatable bonds is 44. The minimum atomic E-state index is -2.05. The van der Waals surface area contributed by atoms with Crippen LogP contribution in [-0.2, 0) is 80.0 Å². The molecule has 2 aromatic rings. The Kier molecular flexibility index (Phi) is 37.2. The molecule has 0 aromatic heterocycles. The summed E-state index contributed by atoms with van der Waals surface area (Å²) in [4.78, 5) is 192. The summed E-state index contributed by atoms with van der Waals surface area (Å²) in [6, 6.07) is -7.97. The quantitative estimate of drug-likeness (QED) is 0.0128. The molecule has 2 aromatic carbocycles. The molecule has 99 heavy (non-hydrogen) atoms. The number of carboxylic acid groups (broad SMARTS) is 2. The number of aliphatic hydroxyl groups excluding tert-OH is 1. The van der Waals surface area contributed by atoms with Gasteiger partial charge in [0.05, 0.1) is 25.5 Å². The highest BCUT2D eigenvalue weighted by atomic mass is 32.1. The van der Waals surface area contributed by atoms with Gasteiger partial charge in [-0.15, -0.1) is 0 Å². The van der Waals surface area contributed by atoms with Crippen molar-refractivity contribution in [1.29, 1.82) is 0 Å². The predicted octanol–water partition coefficient (Wildman–Crippen LogP) is -4.96. The normalized spacial score (nSPS) is 15.0. The van der Waals surface area contributed by atoms with Crippen LogP contribution in [0.4, 0.5) is 0 Å². The van der Waals surface area contributed by atoms with Gasteiger partial charge in [-0.3, -0.25) is 67.3 Å². The van der Waals surface area contributed by atoms with Crippen molar-refractivity contribution >= 4 is 114 Å². The van der Waals surface area contributed by atoms with Gasteiger partial charge in [-0.25, -0.2) is 4.79 Å². The molecule has 0 unspecified atom stereocenters. The number of nitrogens with zero attached hydrogens (tertiary/aromatic N) is 1. The van der Waals surface area contributed by atoms with E-state index in [4.69, 9.17) is 22.9 Å². The van der Waals surface area contributed by atoms with Crippen molar-refractivity contribution in [2.24, 2.45) is 45.7 Å². The van der Waals surface area contributed by atoms with Crippen molar-refractivity contribution in [2.75, 3.05) is 24.7 Å². The summed E-state index contributed by atoms with van der Waals surface area (Å²) in [5.74, 6) is -17.6. The van der Waals surface area contributed by atoms with Gasteiger partial charge >= 0.3 is 11.9 Å². The van der Waals surface area contributed by atoms with Crippen molar-refractivity contribution in [1.82, 2.24) is 58.5 Å². The number of hydrogen-bond donors (Lipinski definition) is 22. The van der Waals surface area contributed by atoms with E-state index >= 15 is 0 Å². The number of aromatic hydroxyl groups is 2. The molecule has 0 aliphatic heterocycles. The van der Waals surface area contributed by atoms with Crippen molar-refractivity contribution in [3.05, 3.63) is 59.7 Å². The summed E-state index contributed by atoms with van der Waals surface area (Å²) in [6.45, 7) is 10.1. The molecule has 12 amide bonds. The number of aliphatic carboxylic acids is 2. The van der Waals surface area contributed by atoms with Gasteiger partial charge in [0.1, 0.15) is 78.0 Å². The zero-order chi connectivity index (χ0) is 75.0. The van der Waals surface area contributed by atoms with Crippen LogP contribution in [0.25, 0.3) is 0 Å². The molecule has 2 rings (SSSR count). The number of guanidine groups is 1. The second-order valence-corrected chi connectivity index (χ2v) is 25.1. The summed E-state index contributed by atoms with van der Waals surface area (Å²) >= 11 is 8.30. The number of carbonyl (C=O) groups excluding carboxylic acids is 12. The molecule has 0 bridgehead atoms. The van der Waals surface area contributed by atoms with E-state index in [-0.39, 0.29) is 80.0 Å². The number of aliphatic hydroxyl groups is 1. The van der Waals surface area contributed by atoms with E-state index in [0.717, 1.165) is 0 Å². The fraction of sp³-hybridized carbons (Fsp3) is 0.565. The summed E-state index contributed by atoms with van der Waals surface area (Å²) in [7, 11) is 0. The summed E-state index contributed by atoms with van der Waals surface area (Å²) in [6.07, 6.45) is -2.29. The standard InChI is InChI=1S/C62H96N16O19S2/c1-8-31(6)49(61(96)97)78-60(95)46(28-99)77-52(87)38(10-9-19-67-62(65)66)69-50(85)32(7)68-53(88)41(22-33-11-15-35(80)16-12-33)72-54(89)39(20-29(2)3)70-57(92)43(25-48(83)84)74-58(93)44(26-79)75-56(91)42(23-34-13-17-36(81)18-14-34)73-55(90)40(21-30(4)5)71-59(94)45(27-98)76-51(86)37(63)24-47(64)82/h11-18,29-32,37-46,49,79-81,98-99H,8-10,19-28,63H2,1-7H3,(H2,64,82)(H,68,88)(H,69,85)(H,70,92)(H,71,94)(H,72,89)(H,73,90)(H,74,93)(H,75,91)(H,76,86)(H,77,87)(H,78,95)(H,83,84)(H,96,97)(H4,65,66,67)/t31-,32-,37-,38-,39-,40-,41-,42-,43-,44-,45-,46-,49-/m0/s1. The number of carboxylic acids is 2. The van der Waals surface area contributed by atoms with Gasteiger partial charge in [0.2, 0.25) is 70.9 Å². The molecule has 0 spiro atoms. The van der Waals surface area contributed by atoms with Gasteiger partial charge in [-0.1, -0.05) is 72.2 Å². The molecule has 13 atom stereocenters. The molecule has 550 valence electrons. The van der Waals surface area contributed by atoms with Gasteiger partial charge in [0, 0.05) is 30.9 Å². The van der Waals surface area contributed by atoms with Crippen LogP contribution in [0.2, 0.25) is 0 Å². The Morgan fingerprint density at radius 3 is 1.24 bits per heavy atom. The topological polar surface area (TPSA) is 589 Å². The average Bonchev–Trinajstić information content (AvgIpc) is 0.874. The second-order valence-electron chi connectivity index (χ2n) is 24.4.